The highest BCUT2D eigenvalue weighted by molar-refractivity contribution is 7.91. The van der Waals surface area contributed by atoms with Gasteiger partial charge in [-0.2, -0.15) is 0 Å². The predicted molar refractivity (Wildman–Crippen MR) is 118 cm³/mol. The van der Waals surface area contributed by atoms with Gasteiger partial charge in [-0.3, -0.25) is 9.59 Å². The molecule has 0 aromatic heterocycles. The second kappa shape index (κ2) is 9.82. The summed E-state index contributed by atoms with van der Waals surface area (Å²) in [4.78, 5) is 23.5. The highest BCUT2D eigenvalue weighted by Gasteiger charge is 2.23. The molecule has 31 heavy (non-hydrogen) atoms. The molecule has 3 N–H and O–H groups in total. The fraction of sp³-hybridized carbons (Fsp3) is 0.364. The van der Waals surface area contributed by atoms with Crippen LogP contribution in [0.15, 0.2) is 52.3 Å². The van der Waals surface area contributed by atoms with E-state index in [1.54, 1.807) is 12.1 Å². The second-order valence-corrected chi connectivity index (χ2v) is 9.39. The number of rotatable bonds is 8. The van der Waals surface area contributed by atoms with Crippen molar-refractivity contribution < 1.29 is 22.7 Å². The summed E-state index contributed by atoms with van der Waals surface area (Å²) in [7, 11) is -2.45. The fourth-order valence-corrected chi connectivity index (χ4v) is 5.02. The molecule has 1 saturated carbocycles. The molecule has 0 saturated heterocycles. The van der Waals surface area contributed by atoms with Crippen LogP contribution in [0.1, 0.15) is 32.6 Å². The van der Waals surface area contributed by atoms with Crippen LogP contribution in [0, 0.1) is 0 Å². The number of nitrogens with one attached hydrogen (secondary N) is 3. The molecule has 8 nitrogen and oxygen atoms in total. The van der Waals surface area contributed by atoms with Crippen LogP contribution in [0.25, 0.3) is 0 Å². The first kappa shape index (κ1) is 22.6. The molecule has 0 heterocycles. The van der Waals surface area contributed by atoms with E-state index in [2.05, 4.69) is 16.0 Å². The van der Waals surface area contributed by atoms with E-state index in [-0.39, 0.29) is 34.2 Å². The molecular formula is C22H27N3O5S. The van der Waals surface area contributed by atoms with Crippen LogP contribution in [0.2, 0.25) is 0 Å². The molecule has 0 bridgehead atoms. The van der Waals surface area contributed by atoms with Crippen LogP contribution in [0.4, 0.5) is 11.4 Å². The third-order valence-electron chi connectivity index (χ3n) is 5.12. The molecule has 3 rings (SSSR count). The number of benzene rings is 2. The minimum Gasteiger partial charge on any atom is -0.497 e. The zero-order valence-corrected chi connectivity index (χ0v) is 18.4. The number of sulfone groups is 1. The average Bonchev–Trinajstić information content (AvgIpc) is 3.25. The molecule has 2 amide bonds. The van der Waals surface area contributed by atoms with E-state index >= 15 is 0 Å². The highest BCUT2D eigenvalue weighted by atomic mass is 32.2. The molecule has 0 atom stereocenters. The van der Waals surface area contributed by atoms with E-state index < -0.39 is 9.84 Å². The first-order valence-corrected chi connectivity index (χ1v) is 11.6. The number of hydrogen-bond donors (Lipinski definition) is 3. The van der Waals surface area contributed by atoms with E-state index in [0.717, 1.165) is 25.7 Å². The number of anilines is 2. The summed E-state index contributed by atoms with van der Waals surface area (Å²) in [6.45, 7) is 1.34. The number of ether oxygens (including phenoxy) is 1. The largest absolute Gasteiger partial charge is 0.497 e. The SMILES string of the molecule is COc1ccc(NCC(=O)NC2CCCC2)c(S(=O)(=O)c2ccc(NC(C)=O)cc2)c1. The van der Waals surface area contributed by atoms with Gasteiger partial charge >= 0.3 is 0 Å². The van der Waals surface area contributed by atoms with E-state index in [0.29, 0.717) is 17.1 Å². The molecule has 0 aliphatic heterocycles. The van der Waals surface area contributed by atoms with Crippen LogP contribution < -0.4 is 20.7 Å². The van der Waals surface area contributed by atoms with E-state index in [1.165, 1.54) is 44.4 Å². The molecule has 0 radical (unpaired) electrons. The first-order chi connectivity index (χ1) is 14.8. The Morgan fingerprint density at radius 2 is 1.74 bits per heavy atom. The third kappa shape index (κ3) is 5.75. The summed E-state index contributed by atoms with van der Waals surface area (Å²) in [6, 6.07) is 10.7. The molecular weight excluding hydrogens is 418 g/mol. The standard InChI is InChI=1S/C22H27N3O5S/c1-15(26)24-17-7-10-19(11-8-17)31(28,29)21-13-18(30-2)9-12-20(21)23-14-22(27)25-16-5-3-4-6-16/h7-13,16,23H,3-6,14H2,1-2H3,(H,24,26)(H,25,27). The average molecular weight is 446 g/mol. The van der Waals surface area contributed by atoms with Gasteiger partial charge in [-0.15, -0.1) is 0 Å². The van der Waals surface area contributed by atoms with E-state index in [4.69, 9.17) is 4.74 Å². The van der Waals surface area contributed by atoms with Gasteiger partial charge in [-0.25, -0.2) is 8.42 Å². The summed E-state index contributed by atoms with van der Waals surface area (Å²) in [5, 5.41) is 8.53. The summed E-state index contributed by atoms with van der Waals surface area (Å²) >= 11 is 0. The molecule has 1 fully saturated rings. The molecule has 166 valence electrons. The minimum absolute atomic E-state index is 0.00722. The first-order valence-electron chi connectivity index (χ1n) is 10.1. The smallest absolute Gasteiger partial charge is 0.239 e. The van der Waals surface area contributed by atoms with Gasteiger partial charge in [-0.1, -0.05) is 12.8 Å². The van der Waals surface area contributed by atoms with Gasteiger partial charge in [-0.05, 0) is 49.2 Å². The number of amides is 2. The molecule has 0 spiro atoms. The molecule has 2 aromatic rings. The third-order valence-corrected chi connectivity index (χ3v) is 6.93. The molecule has 1 aliphatic carbocycles. The van der Waals surface area contributed by atoms with Gasteiger partial charge in [0.05, 0.1) is 29.1 Å². The van der Waals surface area contributed by atoms with Gasteiger partial charge in [0.25, 0.3) is 0 Å². The Morgan fingerprint density at radius 1 is 1.06 bits per heavy atom. The molecule has 2 aromatic carbocycles. The van der Waals surface area contributed by atoms with Crippen molar-refractivity contribution in [2.75, 3.05) is 24.3 Å². The highest BCUT2D eigenvalue weighted by Crippen LogP contribution is 2.31. The minimum atomic E-state index is -3.90. The van der Waals surface area contributed by atoms with Gasteiger partial charge in [0.1, 0.15) is 5.75 Å². The fourth-order valence-electron chi connectivity index (χ4n) is 3.57. The lowest BCUT2D eigenvalue weighted by atomic mass is 10.2. The van der Waals surface area contributed by atoms with Crippen LogP contribution in [0.5, 0.6) is 5.75 Å². The van der Waals surface area contributed by atoms with Crippen LogP contribution >= 0.6 is 0 Å². The second-order valence-electron chi connectivity index (χ2n) is 7.47. The van der Waals surface area contributed by atoms with Crippen molar-refractivity contribution >= 4 is 33.0 Å². The summed E-state index contributed by atoms with van der Waals surface area (Å²) in [6.07, 6.45) is 4.17. The van der Waals surface area contributed by atoms with Crippen molar-refractivity contribution in [3.63, 3.8) is 0 Å². The maximum Gasteiger partial charge on any atom is 0.239 e. The van der Waals surface area contributed by atoms with Crippen molar-refractivity contribution in [3.05, 3.63) is 42.5 Å². The normalized spacial score (nSPS) is 14.1. The monoisotopic (exact) mass is 445 g/mol. The van der Waals surface area contributed by atoms with Crippen molar-refractivity contribution in [2.24, 2.45) is 0 Å². The Balaban J connectivity index is 1.82. The van der Waals surface area contributed by atoms with Gasteiger partial charge in [0.2, 0.25) is 21.7 Å². The number of methoxy groups -OCH3 is 1. The van der Waals surface area contributed by atoms with Crippen molar-refractivity contribution in [2.45, 2.75) is 48.4 Å². The van der Waals surface area contributed by atoms with Crippen LogP contribution in [-0.4, -0.2) is 39.9 Å². The van der Waals surface area contributed by atoms with Crippen molar-refractivity contribution in [1.29, 1.82) is 0 Å². The van der Waals surface area contributed by atoms with E-state index in [9.17, 15) is 18.0 Å². The topological polar surface area (TPSA) is 114 Å². The number of carbonyl (C=O) groups is 2. The summed E-state index contributed by atoms with van der Waals surface area (Å²) in [5.74, 6) is -0.0362. The lowest BCUT2D eigenvalue weighted by molar-refractivity contribution is -0.120. The van der Waals surface area contributed by atoms with Crippen molar-refractivity contribution in [3.8, 4) is 5.75 Å². The lowest BCUT2D eigenvalue weighted by Crippen LogP contribution is -2.36. The Morgan fingerprint density at radius 3 is 2.35 bits per heavy atom. The predicted octanol–water partition coefficient (Wildman–Crippen LogP) is 2.96. The zero-order valence-electron chi connectivity index (χ0n) is 17.6. The maximum absolute atomic E-state index is 13.3. The quantitative estimate of drug-likeness (QED) is 0.576. The Hall–Kier alpha value is -3.07. The Kier molecular flexibility index (Phi) is 7.17. The Bertz CT molecular complexity index is 1050. The van der Waals surface area contributed by atoms with Gasteiger partial charge < -0.3 is 20.7 Å². The lowest BCUT2D eigenvalue weighted by Gasteiger charge is -2.16. The molecule has 1 aliphatic rings. The molecule has 9 heteroatoms. The number of hydrogen-bond acceptors (Lipinski definition) is 6. The number of carbonyl (C=O) groups excluding carboxylic acids is 2. The van der Waals surface area contributed by atoms with Gasteiger partial charge in [0, 0.05) is 24.7 Å². The van der Waals surface area contributed by atoms with Crippen LogP contribution in [0.3, 0.4) is 0 Å². The summed E-state index contributed by atoms with van der Waals surface area (Å²) in [5.41, 5.74) is 0.812. The zero-order chi connectivity index (χ0) is 22.4. The maximum atomic E-state index is 13.3. The van der Waals surface area contributed by atoms with Crippen molar-refractivity contribution in [1.82, 2.24) is 5.32 Å². The van der Waals surface area contributed by atoms with Crippen LogP contribution in [-0.2, 0) is 19.4 Å². The van der Waals surface area contributed by atoms with E-state index in [1.807, 2.05) is 0 Å². The molecule has 0 unspecified atom stereocenters. The van der Waals surface area contributed by atoms with Gasteiger partial charge in [0.15, 0.2) is 0 Å². The Labute approximate surface area is 182 Å². The summed E-state index contributed by atoms with van der Waals surface area (Å²) < 4.78 is 31.8.